The van der Waals surface area contributed by atoms with Crippen LogP contribution < -0.4 is 15.4 Å². The highest BCUT2D eigenvalue weighted by atomic mass is 16.6. The summed E-state index contributed by atoms with van der Waals surface area (Å²) in [7, 11) is 0. The summed E-state index contributed by atoms with van der Waals surface area (Å²) >= 11 is 0. The van der Waals surface area contributed by atoms with E-state index in [1.54, 1.807) is 6.92 Å². The minimum absolute atomic E-state index is 0.00669. The third-order valence-corrected chi connectivity index (χ3v) is 4.86. The van der Waals surface area contributed by atoms with Crippen LogP contribution in [-0.2, 0) is 14.4 Å². The van der Waals surface area contributed by atoms with Gasteiger partial charge in [0.25, 0.3) is 11.6 Å². The van der Waals surface area contributed by atoms with Crippen molar-refractivity contribution in [1.29, 1.82) is 0 Å². The molecule has 0 aromatic heterocycles. The summed E-state index contributed by atoms with van der Waals surface area (Å²) < 4.78 is 5.06. The normalized spacial score (nSPS) is 14.5. The van der Waals surface area contributed by atoms with Gasteiger partial charge in [-0.25, -0.2) is 4.79 Å². The van der Waals surface area contributed by atoms with E-state index in [-0.39, 0.29) is 41.9 Å². The van der Waals surface area contributed by atoms with E-state index in [0.29, 0.717) is 5.56 Å². The van der Waals surface area contributed by atoms with E-state index in [1.165, 1.54) is 42.5 Å². The van der Waals surface area contributed by atoms with E-state index in [0.717, 1.165) is 4.90 Å². The van der Waals surface area contributed by atoms with Gasteiger partial charge in [0.2, 0.25) is 18.2 Å². The van der Waals surface area contributed by atoms with Crippen molar-refractivity contribution < 1.29 is 33.6 Å². The molecule has 5 amide bonds. The zero-order valence-corrected chi connectivity index (χ0v) is 19.3. The Kier molecular flexibility index (Phi) is 9.15. The molecule has 3 rings (SSSR count). The third-order valence-electron chi connectivity index (χ3n) is 4.86. The van der Waals surface area contributed by atoms with Gasteiger partial charge >= 0.3 is 6.09 Å². The number of nitrogens with zero attached hydrogens (tertiary/aromatic N) is 2. The Morgan fingerprint density at radius 2 is 1.83 bits per heavy atom. The number of anilines is 1. The summed E-state index contributed by atoms with van der Waals surface area (Å²) in [6, 6.07) is 8.08. The first-order valence-corrected chi connectivity index (χ1v) is 10.6. The van der Waals surface area contributed by atoms with Crippen molar-refractivity contribution in [1.82, 2.24) is 10.2 Å². The number of non-ortho nitro benzene ring substituents is 1. The second kappa shape index (κ2) is 12.0. The van der Waals surface area contributed by atoms with Crippen LogP contribution in [0.15, 0.2) is 42.5 Å². The standard InChI is InChI=1S/C21H18N4O8.C2H6/c1-12-10-13(22-21(30)33-15-5-3-14(4-6-15)25(31)32)2-7-16(12)20(29)24(11-26)17-8-9-18(27)23-19(17)28;1-2/h2-7,10-11,17H,8-9H2,1H3,(H,22,30)(H,23,27,28);1-2H3. The number of rotatable bonds is 6. The Hall–Kier alpha value is -4.61. The molecular weight excluding hydrogens is 460 g/mol. The minimum atomic E-state index is -1.10. The number of amides is 5. The predicted molar refractivity (Wildman–Crippen MR) is 124 cm³/mol. The molecule has 0 saturated carbocycles. The molecular formula is C23H24N4O8. The Morgan fingerprint density at radius 3 is 2.37 bits per heavy atom. The molecule has 1 aliphatic rings. The zero-order valence-electron chi connectivity index (χ0n) is 19.3. The van der Waals surface area contributed by atoms with Crippen LogP contribution in [0.25, 0.3) is 0 Å². The van der Waals surface area contributed by atoms with Crippen LogP contribution in [0.1, 0.15) is 42.6 Å². The number of nitrogens with one attached hydrogen (secondary N) is 2. The fraction of sp³-hybridized carbons (Fsp3) is 0.261. The molecule has 0 aliphatic carbocycles. The highest BCUT2D eigenvalue weighted by molar-refractivity contribution is 6.07. The second-order valence-corrected chi connectivity index (χ2v) is 7.08. The number of nitro benzene ring substituents is 1. The van der Waals surface area contributed by atoms with E-state index < -0.39 is 34.8 Å². The topological polar surface area (TPSA) is 165 Å². The molecule has 1 heterocycles. The molecule has 184 valence electrons. The first-order valence-electron chi connectivity index (χ1n) is 10.6. The summed E-state index contributed by atoms with van der Waals surface area (Å²) in [6.07, 6.45) is -0.578. The van der Waals surface area contributed by atoms with Crippen molar-refractivity contribution in [3.8, 4) is 5.75 Å². The Labute approximate surface area is 200 Å². The van der Waals surface area contributed by atoms with E-state index >= 15 is 0 Å². The van der Waals surface area contributed by atoms with E-state index in [2.05, 4.69) is 10.6 Å². The Balaban J connectivity index is 0.00000210. The van der Waals surface area contributed by atoms with Crippen molar-refractivity contribution in [3.05, 3.63) is 63.7 Å². The lowest BCUT2D eigenvalue weighted by molar-refractivity contribution is -0.384. The lowest BCUT2D eigenvalue weighted by Gasteiger charge is -2.28. The monoisotopic (exact) mass is 484 g/mol. The summed E-state index contributed by atoms with van der Waals surface area (Å²) in [5.74, 6) is -1.83. The molecule has 1 unspecified atom stereocenters. The average molecular weight is 484 g/mol. The lowest BCUT2D eigenvalue weighted by Crippen LogP contribution is -2.53. The van der Waals surface area contributed by atoms with Crippen LogP contribution in [-0.4, -0.2) is 46.1 Å². The number of benzene rings is 2. The number of piperidine rings is 1. The molecule has 1 saturated heterocycles. The molecule has 12 nitrogen and oxygen atoms in total. The molecule has 0 bridgehead atoms. The SMILES string of the molecule is CC.Cc1cc(NC(=O)Oc2ccc([N+](=O)[O-])cc2)ccc1C(=O)N(C=O)C1CCC(=O)NC1=O. The van der Waals surface area contributed by atoms with Gasteiger partial charge in [-0.2, -0.15) is 0 Å². The van der Waals surface area contributed by atoms with Crippen molar-refractivity contribution in [2.45, 2.75) is 39.7 Å². The fourth-order valence-corrected chi connectivity index (χ4v) is 3.22. The van der Waals surface area contributed by atoms with Gasteiger partial charge in [0.1, 0.15) is 11.8 Å². The van der Waals surface area contributed by atoms with Crippen molar-refractivity contribution >= 4 is 41.6 Å². The number of imide groups is 2. The fourth-order valence-electron chi connectivity index (χ4n) is 3.22. The molecule has 2 aromatic rings. The maximum atomic E-state index is 12.8. The number of carbonyl (C=O) groups excluding carboxylic acids is 5. The molecule has 0 radical (unpaired) electrons. The van der Waals surface area contributed by atoms with Gasteiger partial charge < -0.3 is 4.74 Å². The highest BCUT2D eigenvalue weighted by Gasteiger charge is 2.35. The van der Waals surface area contributed by atoms with Gasteiger partial charge in [-0.05, 0) is 49.2 Å². The molecule has 2 aromatic carbocycles. The third kappa shape index (κ3) is 6.69. The second-order valence-electron chi connectivity index (χ2n) is 7.08. The molecule has 1 fully saturated rings. The van der Waals surface area contributed by atoms with Crippen molar-refractivity contribution in [3.63, 3.8) is 0 Å². The number of nitro groups is 1. The van der Waals surface area contributed by atoms with E-state index in [9.17, 15) is 34.1 Å². The number of hydrogen-bond acceptors (Lipinski definition) is 8. The summed E-state index contributed by atoms with van der Waals surface area (Å²) in [4.78, 5) is 70.6. The van der Waals surface area contributed by atoms with Crippen molar-refractivity contribution in [2.75, 3.05) is 5.32 Å². The maximum absolute atomic E-state index is 12.8. The van der Waals surface area contributed by atoms with Gasteiger partial charge in [-0.1, -0.05) is 13.8 Å². The highest BCUT2D eigenvalue weighted by Crippen LogP contribution is 2.21. The molecule has 1 atom stereocenters. The van der Waals surface area contributed by atoms with Gasteiger partial charge in [0, 0.05) is 29.8 Å². The summed E-state index contributed by atoms with van der Waals surface area (Å²) in [5, 5.41) is 15.2. The molecule has 35 heavy (non-hydrogen) atoms. The summed E-state index contributed by atoms with van der Waals surface area (Å²) in [6.45, 7) is 5.58. The zero-order chi connectivity index (χ0) is 26.1. The van der Waals surface area contributed by atoms with Crippen LogP contribution in [0.3, 0.4) is 0 Å². The quantitative estimate of drug-likeness (QED) is 0.273. The molecule has 1 aliphatic heterocycles. The van der Waals surface area contributed by atoms with Gasteiger partial charge in [0.15, 0.2) is 0 Å². The minimum Gasteiger partial charge on any atom is -0.410 e. The predicted octanol–water partition coefficient (Wildman–Crippen LogP) is 2.94. The van der Waals surface area contributed by atoms with Crippen LogP contribution in [0.4, 0.5) is 16.2 Å². The first-order chi connectivity index (χ1) is 16.7. The first kappa shape index (κ1) is 26.6. The summed E-state index contributed by atoms with van der Waals surface area (Å²) in [5.41, 5.74) is 0.670. The Bertz CT molecular complexity index is 1150. The largest absolute Gasteiger partial charge is 0.417 e. The van der Waals surface area contributed by atoms with Crippen LogP contribution in [0, 0.1) is 17.0 Å². The van der Waals surface area contributed by atoms with Gasteiger partial charge in [-0.3, -0.25) is 44.8 Å². The van der Waals surface area contributed by atoms with Crippen LogP contribution in [0.5, 0.6) is 5.75 Å². The van der Waals surface area contributed by atoms with E-state index in [4.69, 9.17) is 4.74 Å². The van der Waals surface area contributed by atoms with Crippen molar-refractivity contribution in [2.24, 2.45) is 0 Å². The van der Waals surface area contributed by atoms with Gasteiger partial charge in [0.05, 0.1) is 4.92 Å². The Morgan fingerprint density at radius 1 is 1.17 bits per heavy atom. The lowest BCUT2D eigenvalue weighted by atomic mass is 10.0. The number of carbonyl (C=O) groups is 5. The number of hydrogen-bond donors (Lipinski definition) is 2. The van der Waals surface area contributed by atoms with E-state index in [1.807, 2.05) is 13.8 Å². The number of aryl methyl sites for hydroxylation is 1. The average Bonchev–Trinajstić information content (AvgIpc) is 2.82. The molecule has 2 N–H and O–H groups in total. The molecule has 0 spiro atoms. The number of ether oxygens (including phenoxy) is 1. The smallest absolute Gasteiger partial charge is 0.410 e. The van der Waals surface area contributed by atoms with Gasteiger partial charge in [-0.15, -0.1) is 0 Å². The molecule has 12 heteroatoms. The maximum Gasteiger partial charge on any atom is 0.417 e. The van der Waals surface area contributed by atoms with Crippen LogP contribution >= 0.6 is 0 Å². The van der Waals surface area contributed by atoms with Crippen LogP contribution in [0.2, 0.25) is 0 Å².